The van der Waals surface area contributed by atoms with E-state index in [0.717, 1.165) is 0 Å². The molecule has 0 saturated carbocycles. The first-order chi connectivity index (χ1) is 13.9. The van der Waals surface area contributed by atoms with Crippen LogP contribution >= 0.6 is 0 Å². The molecule has 0 atom stereocenters. The minimum atomic E-state index is -2.91. The van der Waals surface area contributed by atoms with E-state index in [4.69, 9.17) is 5.11 Å². The molecule has 0 bridgehead atoms. The number of amides is 1. The van der Waals surface area contributed by atoms with Crippen LogP contribution in [0.3, 0.4) is 0 Å². The van der Waals surface area contributed by atoms with Gasteiger partial charge >= 0.3 is 12.6 Å². The van der Waals surface area contributed by atoms with Crippen molar-refractivity contribution in [1.29, 1.82) is 0 Å². The van der Waals surface area contributed by atoms with Crippen molar-refractivity contribution in [3.8, 4) is 17.0 Å². The number of nitrogens with zero attached hydrogens (tertiary/aromatic N) is 4. The SMILES string of the molecule is O=C(CCn1nccc1C(=O)O)Nc1nccc(-c2ccc(OC(F)F)cc2)n1. The van der Waals surface area contributed by atoms with Gasteiger partial charge in [0.2, 0.25) is 11.9 Å². The summed E-state index contributed by atoms with van der Waals surface area (Å²) in [6.07, 6.45) is 2.75. The van der Waals surface area contributed by atoms with Crippen LogP contribution in [0.2, 0.25) is 0 Å². The molecular formula is C18H15F2N5O4. The maximum atomic E-state index is 12.2. The van der Waals surface area contributed by atoms with Crippen molar-refractivity contribution in [2.24, 2.45) is 0 Å². The predicted molar refractivity (Wildman–Crippen MR) is 96.5 cm³/mol. The van der Waals surface area contributed by atoms with Crippen LogP contribution in [-0.2, 0) is 11.3 Å². The van der Waals surface area contributed by atoms with E-state index in [1.165, 1.54) is 35.3 Å². The number of aryl methyl sites for hydroxylation is 1. The summed E-state index contributed by atoms with van der Waals surface area (Å²) < 4.78 is 29.9. The van der Waals surface area contributed by atoms with Gasteiger partial charge in [-0.25, -0.2) is 14.8 Å². The number of ether oxygens (including phenoxy) is 1. The highest BCUT2D eigenvalue weighted by Gasteiger charge is 2.12. The third-order valence-corrected chi connectivity index (χ3v) is 3.77. The Morgan fingerprint density at radius 3 is 2.59 bits per heavy atom. The van der Waals surface area contributed by atoms with E-state index in [1.807, 2.05) is 0 Å². The molecule has 150 valence electrons. The first kappa shape index (κ1) is 19.9. The van der Waals surface area contributed by atoms with E-state index in [1.54, 1.807) is 18.2 Å². The fourth-order valence-corrected chi connectivity index (χ4v) is 2.47. The summed E-state index contributed by atoms with van der Waals surface area (Å²) in [7, 11) is 0. The summed E-state index contributed by atoms with van der Waals surface area (Å²) >= 11 is 0. The molecule has 1 amide bonds. The Hall–Kier alpha value is -3.89. The minimum absolute atomic E-state index is 0.0182. The van der Waals surface area contributed by atoms with E-state index in [9.17, 15) is 18.4 Å². The molecule has 29 heavy (non-hydrogen) atoms. The van der Waals surface area contributed by atoms with Crippen LogP contribution in [0.4, 0.5) is 14.7 Å². The van der Waals surface area contributed by atoms with Crippen molar-refractivity contribution < 1.29 is 28.2 Å². The number of carboxylic acid groups (broad SMARTS) is 1. The summed E-state index contributed by atoms with van der Waals surface area (Å²) in [5, 5.41) is 15.4. The summed E-state index contributed by atoms with van der Waals surface area (Å²) in [6.45, 7) is -2.83. The first-order valence-electron chi connectivity index (χ1n) is 8.35. The first-order valence-corrected chi connectivity index (χ1v) is 8.35. The molecule has 11 heteroatoms. The lowest BCUT2D eigenvalue weighted by Crippen LogP contribution is -2.18. The molecule has 2 aromatic heterocycles. The average Bonchev–Trinajstić information content (AvgIpc) is 3.16. The van der Waals surface area contributed by atoms with Gasteiger partial charge in [0.1, 0.15) is 11.4 Å². The fourth-order valence-electron chi connectivity index (χ4n) is 2.47. The zero-order valence-electron chi connectivity index (χ0n) is 14.8. The lowest BCUT2D eigenvalue weighted by molar-refractivity contribution is -0.116. The monoisotopic (exact) mass is 403 g/mol. The Labute approximate surface area is 163 Å². The van der Waals surface area contributed by atoms with E-state index in [2.05, 4.69) is 25.1 Å². The van der Waals surface area contributed by atoms with Gasteiger partial charge in [-0.1, -0.05) is 0 Å². The summed E-state index contributed by atoms with van der Waals surface area (Å²) in [5.74, 6) is -1.48. The number of halogens is 2. The highest BCUT2D eigenvalue weighted by molar-refractivity contribution is 5.89. The van der Waals surface area contributed by atoms with Gasteiger partial charge in [-0.05, 0) is 36.4 Å². The number of benzene rings is 1. The van der Waals surface area contributed by atoms with Crippen LogP contribution < -0.4 is 10.1 Å². The average molecular weight is 403 g/mol. The molecule has 0 spiro atoms. The van der Waals surface area contributed by atoms with Crippen LogP contribution in [0.5, 0.6) is 5.75 Å². The quantitative estimate of drug-likeness (QED) is 0.593. The number of carbonyl (C=O) groups is 2. The third-order valence-electron chi connectivity index (χ3n) is 3.77. The van der Waals surface area contributed by atoms with Crippen molar-refractivity contribution in [2.45, 2.75) is 19.6 Å². The fraction of sp³-hybridized carbons (Fsp3) is 0.167. The van der Waals surface area contributed by atoms with Gasteiger partial charge in [0.15, 0.2) is 0 Å². The van der Waals surface area contributed by atoms with Gasteiger partial charge < -0.3 is 9.84 Å². The topological polar surface area (TPSA) is 119 Å². The number of carbonyl (C=O) groups excluding carboxylic acids is 1. The number of hydrogen-bond acceptors (Lipinski definition) is 6. The van der Waals surface area contributed by atoms with Crippen molar-refractivity contribution >= 4 is 17.8 Å². The highest BCUT2D eigenvalue weighted by atomic mass is 19.3. The van der Waals surface area contributed by atoms with Gasteiger partial charge in [-0.15, -0.1) is 0 Å². The lowest BCUT2D eigenvalue weighted by Gasteiger charge is -2.08. The van der Waals surface area contributed by atoms with Crippen LogP contribution in [0, 0.1) is 0 Å². The van der Waals surface area contributed by atoms with E-state index < -0.39 is 18.5 Å². The smallest absolute Gasteiger partial charge is 0.387 e. The molecule has 3 rings (SSSR count). The van der Waals surface area contributed by atoms with Gasteiger partial charge in [0.25, 0.3) is 0 Å². The van der Waals surface area contributed by atoms with Gasteiger partial charge in [0, 0.05) is 24.4 Å². The van der Waals surface area contributed by atoms with Gasteiger partial charge in [-0.2, -0.15) is 13.9 Å². The number of aromatic nitrogens is 4. The number of nitrogens with one attached hydrogen (secondary N) is 1. The molecule has 0 saturated heterocycles. The molecule has 9 nitrogen and oxygen atoms in total. The van der Waals surface area contributed by atoms with Crippen LogP contribution in [0.25, 0.3) is 11.3 Å². The molecule has 0 unspecified atom stereocenters. The second kappa shape index (κ2) is 8.87. The maximum Gasteiger partial charge on any atom is 0.387 e. The summed E-state index contributed by atoms with van der Waals surface area (Å²) in [4.78, 5) is 31.3. The second-order valence-electron chi connectivity index (χ2n) is 5.71. The second-order valence-corrected chi connectivity index (χ2v) is 5.71. The number of alkyl halides is 2. The van der Waals surface area contributed by atoms with E-state index >= 15 is 0 Å². The predicted octanol–water partition coefficient (Wildman–Crippen LogP) is 2.67. The molecule has 3 aromatic rings. The van der Waals surface area contributed by atoms with Crippen LogP contribution in [0.1, 0.15) is 16.9 Å². The molecule has 2 N–H and O–H groups in total. The Morgan fingerprint density at radius 2 is 1.90 bits per heavy atom. The Balaban J connectivity index is 1.62. The highest BCUT2D eigenvalue weighted by Crippen LogP contribution is 2.22. The van der Waals surface area contributed by atoms with Gasteiger partial charge in [0.05, 0.1) is 12.2 Å². The number of hydrogen-bond donors (Lipinski definition) is 2. The Bertz CT molecular complexity index is 1010. The molecule has 0 fully saturated rings. The number of anilines is 1. The number of aromatic carboxylic acids is 1. The zero-order valence-corrected chi connectivity index (χ0v) is 14.8. The molecule has 0 radical (unpaired) electrons. The minimum Gasteiger partial charge on any atom is -0.477 e. The normalized spacial score (nSPS) is 10.7. The number of rotatable bonds is 8. The zero-order chi connectivity index (χ0) is 20.8. The van der Waals surface area contributed by atoms with Crippen molar-refractivity contribution in [3.05, 3.63) is 54.5 Å². The molecule has 1 aromatic carbocycles. The number of carboxylic acids is 1. The lowest BCUT2D eigenvalue weighted by atomic mass is 10.1. The summed E-state index contributed by atoms with van der Waals surface area (Å²) in [6, 6.07) is 8.80. The van der Waals surface area contributed by atoms with Crippen molar-refractivity contribution in [3.63, 3.8) is 0 Å². The van der Waals surface area contributed by atoms with Crippen molar-refractivity contribution in [1.82, 2.24) is 19.7 Å². The molecular weight excluding hydrogens is 388 g/mol. The maximum absolute atomic E-state index is 12.2. The van der Waals surface area contributed by atoms with Crippen LogP contribution in [-0.4, -0.2) is 43.3 Å². The third kappa shape index (κ3) is 5.31. The van der Waals surface area contributed by atoms with Crippen molar-refractivity contribution in [2.75, 3.05) is 5.32 Å². The van der Waals surface area contributed by atoms with E-state index in [-0.39, 0.29) is 30.4 Å². The molecule has 0 aliphatic heterocycles. The molecule has 0 aliphatic carbocycles. The van der Waals surface area contributed by atoms with Crippen LogP contribution in [0.15, 0.2) is 48.8 Å². The largest absolute Gasteiger partial charge is 0.477 e. The standard InChI is InChI=1S/C18H15F2N5O4/c19-17(20)29-12-3-1-11(2-4-12)13-5-8-21-18(23-13)24-15(26)7-10-25-14(16(27)28)6-9-22-25/h1-6,8-9,17H,7,10H2,(H,27,28)(H,21,23,24,26). The molecule has 0 aliphatic rings. The Kier molecular flexibility index (Phi) is 6.07. The van der Waals surface area contributed by atoms with Gasteiger partial charge in [-0.3, -0.25) is 14.8 Å². The van der Waals surface area contributed by atoms with E-state index in [0.29, 0.717) is 11.3 Å². The Morgan fingerprint density at radius 1 is 1.14 bits per heavy atom. The summed E-state index contributed by atoms with van der Waals surface area (Å²) in [5.41, 5.74) is 1.07. The molecule has 2 heterocycles.